The van der Waals surface area contributed by atoms with E-state index in [0.717, 1.165) is 12.8 Å². The Labute approximate surface area is 68.2 Å². The highest BCUT2D eigenvalue weighted by Gasteiger charge is 2.31. The Morgan fingerprint density at radius 3 is 2.55 bits per heavy atom. The summed E-state index contributed by atoms with van der Waals surface area (Å²) in [6, 6.07) is 0. The van der Waals surface area contributed by atoms with E-state index in [9.17, 15) is 0 Å². The Kier molecular flexibility index (Phi) is 3.09. The maximum atomic E-state index is 5.45. The molecule has 0 amide bonds. The van der Waals surface area contributed by atoms with Crippen molar-refractivity contribution >= 4 is 0 Å². The molecule has 0 aromatic rings. The third-order valence-electron chi connectivity index (χ3n) is 1.97. The van der Waals surface area contributed by atoms with Gasteiger partial charge in [-0.3, -0.25) is 0 Å². The van der Waals surface area contributed by atoms with Crippen molar-refractivity contribution in [3.8, 4) is 0 Å². The third-order valence-corrected chi connectivity index (χ3v) is 1.97. The van der Waals surface area contributed by atoms with Crippen LogP contribution in [0.25, 0.3) is 0 Å². The second-order valence-electron chi connectivity index (χ2n) is 2.82. The molecule has 0 bridgehead atoms. The van der Waals surface area contributed by atoms with Crippen LogP contribution in [-0.4, -0.2) is 19.0 Å². The summed E-state index contributed by atoms with van der Waals surface area (Å²) in [7, 11) is 0. The molecule has 0 aliphatic carbocycles. The van der Waals surface area contributed by atoms with Gasteiger partial charge in [0.2, 0.25) is 0 Å². The Morgan fingerprint density at radius 1 is 1.45 bits per heavy atom. The predicted octanol–water partition coefficient (Wildman–Crippen LogP) is 2.11. The van der Waals surface area contributed by atoms with E-state index in [1.165, 1.54) is 6.42 Å². The summed E-state index contributed by atoms with van der Waals surface area (Å²) >= 11 is 0. The molecule has 1 rings (SSSR count). The number of hydrogen-bond acceptors (Lipinski definition) is 2. The monoisotopic (exact) mass is 156 g/mol. The summed E-state index contributed by atoms with van der Waals surface area (Å²) in [4.78, 5) is 0. The van der Waals surface area contributed by atoms with Crippen molar-refractivity contribution in [3.05, 3.63) is 12.7 Å². The van der Waals surface area contributed by atoms with Crippen LogP contribution in [0.1, 0.15) is 26.2 Å². The fraction of sp³-hybridized carbons (Fsp3) is 0.778. The quantitative estimate of drug-likeness (QED) is 0.580. The van der Waals surface area contributed by atoms with Gasteiger partial charge in [0.05, 0.1) is 13.2 Å². The van der Waals surface area contributed by atoms with E-state index < -0.39 is 5.79 Å². The summed E-state index contributed by atoms with van der Waals surface area (Å²) in [5, 5.41) is 0. The lowest BCUT2D eigenvalue weighted by atomic mass is 10.1. The molecule has 2 nitrogen and oxygen atoms in total. The Morgan fingerprint density at radius 2 is 2.09 bits per heavy atom. The van der Waals surface area contributed by atoms with Gasteiger partial charge in [-0.2, -0.15) is 0 Å². The van der Waals surface area contributed by atoms with Gasteiger partial charge in [-0.25, -0.2) is 0 Å². The molecule has 11 heavy (non-hydrogen) atoms. The highest BCUT2D eigenvalue weighted by atomic mass is 16.7. The van der Waals surface area contributed by atoms with Crippen LogP contribution in [-0.2, 0) is 9.47 Å². The van der Waals surface area contributed by atoms with E-state index in [2.05, 4.69) is 13.5 Å². The average Bonchev–Trinajstić information content (AvgIpc) is 2.50. The molecule has 1 fully saturated rings. The molecule has 1 saturated heterocycles. The van der Waals surface area contributed by atoms with Crippen LogP contribution in [0, 0.1) is 0 Å². The summed E-state index contributed by atoms with van der Waals surface area (Å²) in [5.41, 5.74) is 0. The minimum Gasteiger partial charge on any atom is -0.344 e. The number of unbranched alkanes of at least 4 members (excludes halogenated alkanes) is 1. The van der Waals surface area contributed by atoms with Gasteiger partial charge >= 0.3 is 0 Å². The van der Waals surface area contributed by atoms with Gasteiger partial charge in [0.1, 0.15) is 0 Å². The highest BCUT2D eigenvalue weighted by Crippen LogP contribution is 2.26. The number of ether oxygens (including phenoxy) is 2. The molecule has 2 heteroatoms. The normalized spacial score (nSPS) is 21.9. The predicted molar refractivity (Wildman–Crippen MR) is 44.4 cm³/mol. The van der Waals surface area contributed by atoms with Gasteiger partial charge in [0.15, 0.2) is 5.79 Å². The molecule has 0 saturated carbocycles. The van der Waals surface area contributed by atoms with E-state index in [-0.39, 0.29) is 0 Å². The van der Waals surface area contributed by atoms with Crippen molar-refractivity contribution in [1.82, 2.24) is 0 Å². The lowest BCUT2D eigenvalue weighted by molar-refractivity contribution is -0.121. The van der Waals surface area contributed by atoms with Crippen LogP contribution in [0.5, 0.6) is 0 Å². The molecule has 0 N–H and O–H groups in total. The van der Waals surface area contributed by atoms with Crippen LogP contribution in [0.4, 0.5) is 0 Å². The molecule has 0 aromatic heterocycles. The molecule has 0 spiro atoms. The summed E-state index contributed by atoms with van der Waals surface area (Å²) in [6.07, 6.45) is 5.01. The molecular formula is C9H16O2. The van der Waals surface area contributed by atoms with Crippen molar-refractivity contribution in [2.45, 2.75) is 32.0 Å². The molecule has 0 unspecified atom stereocenters. The van der Waals surface area contributed by atoms with Crippen LogP contribution in [0.3, 0.4) is 0 Å². The van der Waals surface area contributed by atoms with Crippen LogP contribution < -0.4 is 0 Å². The van der Waals surface area contributed by atoms with Crippen molar-refractivity contribution in [3.63, 3.8) is 0 Å². The maximum Gasteiger partial charge on any atom is 0.187 e. The number of rotatable bonds is 4. The van der Waals surface area contributed by atoms with Gasteiger partial charge in [-0.05, 0) is 12.5 Å². The first kappa shape index (κ1) is 8.75. The smallest absolute Gasteiger partial charge is 0.187 e. The van der Waals surface area contributed by atoms with Gasteiger partial charge < -0.3 is 9.47 Å². The largest absolute Gasteiger partial charge is 0.344 e. The average molecular weight is 156 g/mol. The molecule has 1 heterocycles. The van der Waals surface area contributed by atoms with Gasteiger partial charge in [0, 0.05) is 6.42 Å². The molecule has 0 aromatic carbocycles. The topological polar surface area (TPSA) is 18.5 Å². The summed E-state index contributed by atoms with van der Waals surface area (Å²) < 4.78 is 10.9. The third kappa shape index (κ3) is 2.04. The van der Waals surface area contributed by atoms with E-state index in [1.54, 1.807) is 6.08 Å². The second-order valence-corrected chi connectivity index (χ2v) is 2.82. The van der Waals surface area contributed by atoms with Crippen molar-refractivity contribution in [1.29, 1.82) is 0 Å². The zero-order valence-electron chi connectivity index (χ0n) is 7.14. The minimum absolute atomic E-state index is 0.448. The standard InChI is InChI=1S/C9H16O2/c1-3-5-6-9(4-2)10-7-8-11-9/h4H,2-3,5-8H2,1H3. The molecule has 0 radical (unpaired) electrons. The molecule has 0 atom stereocenters. The van der Waals surface area contributed by atoms with Crippen molar-refractivity contribution < 1.29 is 9.47 Å². The van der Waals surface area contributed by atoms with E-state index in [1.807, 2.05) is 0 Å². The summed E-state index contributed by atoms with van der Waals surface area (Å²) in [6.45, 7) is 7.28. The first-order valence-electron chi connectivity index (χ1n) is 4.24. The molecule has 1 aliphatic heterocycles. The van der Waals surface area contributed by atoms with Crippen LogP contribution in [0.15, 0.2) is 12.7 Å². The van der Waals surface area contributed by atoms with Gasteiger partial charge in [-0.1, -0.05) is 19.9 Å². The van der Waals surface area contributed by atoms with E-state index >= 15 is 0 Å². The molecular weight excluding hydrogens is 140 g/mol. The van der Waals surface area contributed by atoms with E-state index in [0.29, 0.717) is 13.2 Å². The lowest BCUT2D eigenvalue weighted by Crippen LogP contribution is -2.26. The number of hydrogen-bond donors (Lipinski definition) is 0. The minimum atomic E-state index is -0.448. The molecule has 1 aliphatic rings. The first-order valence-corrected chi connectivity index (χ1v) is 4.24. The zero-order valence-corrected chi connectivity index (χ0v) is 7.14. The van der Waals surface area contributed by atoms with Crippen LogP contribution >= 0.6 is 0 Å². The van der Waals surface area contributed by atoms with Crippen LogP contribution in [0.2, 0.25) is 0 Å². The second kappa shape index (κ2) is 3.88. The highest BCUT2D eigenvalue weighted by molar-refractivity contribution is 4.91. The van der Waals surface area contributed by atoms with Gasteiger partial charge in [-0.15, -0.1) is 0 Å². The SMILES string of the molecule is C=CC1(CCCC)OCCO1. The van der Waals surface area contributed by atoms with Gasteiger partial charge in [0.25, 0.3) is 0 Å². The fourth-order valence-electron chi connectivity index (χ4n) is 1.26. The zero-order chi connectivity index (χ0) is 8.16. The first-order chi connectivity index (χ1) is 5.33. The Bertz CT molecular complexity index is 126. The maximum absolute atomic E-state index is 5.45. The van der Waals surface area contributed by atoms with Crippen molar-refractivity contribution in [2.75, 3.05) is 13.2 Å². The molecule has 64 valence electrons. The van der Waals surface area contributed by atoms with E-state index in [4.69, 9.17) is 9.47 Å². The lowest BCUT2D eigenvalue weighted by Gasteiger charge is -2.22. The van der Waals surface area contributed by atoms with Crippen molar-refractivity contribution in [2.24, 2.45) is 0 Å². The Balaban J connectivity index is 2.39. The Hall–Kier alpha value is -0.340. The fourth-order valence-corrected chi connectivity index (χ4v) is 1.26. The summed E-state index contributed by atoms with van der Waals surface area (Å²) in [5.74, 6) is -0.448.